The fourth-order valence-corrected chi connectivity index (χ4v) is 4.28. The van der Waals surface area contributed by atoms with Crippen molar-refractivity contribution in [1.29, 1.82) is 0 Å². The lowest BCUT2D eigenvalue weighted by Crippen LogP contribution is -2.32. The van der Waals surface area contributed by atoms with Gasteiger partial charge in [-0.1, -0.05) is 79.7 Å². The summed E-state index contributed by atoms with van der Waals surface area (Å²) in [6.07, 6.45) is 0.692. The van der Waals surface area contributed by atoms with Crippen molar-refractivity contribution < 1.29 is 14.5 Å². The van der Waals surface area contributed by atoms with Gasteiger partial charge in [-0.3, -0.25) is 14.9 Å². The quantitative estimate of drug-likeness (QED) is 0.239. The molecule has 0 saturated heterocycles. The summed E-state index contributed by atoms with van der Waals surface area (Å²) in [4.78, 5) is 25.2. The van der Waals surface area contributed by atoms with Crippen molar-refractivity contribution in [3.63, 3.8) is 0 Å². The van der Waals surface area contributed by atoms with Gasteiger partial charge >= 0.3 is 0 Å². The number of carbonyl (C=O) groups excluding carboxylic acids is 1. The van der Waals surface area contributed by atoms with Crippen LogP contribution >= 0.6 is 0 Å². The van der Waals surface area contributed by atoms with Crippen molar-refractivity contribution >= 4 is 5.78 Å². The number of methoxy groups -OCH3 is 1. The third-order valence-corrected chi connectivity index (χ3v) is 5.79. The van der Waals surface area contributed by atoms with E-state index in [0.29, 0.717) is 17.7 Å². The van der Waals surface area contributed by atoms with Crippen molar-refractivity contribution in [2.75, 3.05) is 13.7 Å². The fourth-order valence-electron chi connectivity index (χ4n) is 4.28. The van der Waals surface area contributed by atoms with E-state index < -0.39 is 11.8 Å². The normalized spacial score (nSPS) is 13.7. The van der Waals surface area contributed by atoms with Gasteiger partial charge in [0.25, 0.3) is 0 Å². The molecule has 0 spiro atoms. The first-order chi connectivity index (χ1) is 15.0. The Morgan fingerprint density at radius 3 is 1.94 bits per heavy atom. The molecule has 0 radical (unpaired) electrons. The summed E-state index contributed by atoms with van der Waals surface area (Å²) >= 11 is 0. The molecule has 31 heavy (non-hydrogen) atoms. The van der Waals surface area contributed by atoms with E-state index in [0.717, 1.165) is 11.1 Å². The smallest absolute Gasteiger partial charge is 0.211 e. The predicted octanol–water partition coefficient (Wildman–Crippen LogP) is 5.75. The van der Waals surface area contributed by atoms with Gasteiger partial charge in [0, 0.05) is 16.4 Å². The second kappa shape index (κ2) is 10.5. The molecule has 0 aliphatic heterocycles. The minimum absolute atomic E-state index is 0.0704. The summed E-state index contributed by atoms with van der Waals surface area (Å²) in [5.74, 6) is -0.697. The molecule has 0 saturated carbocycles. The third-order valence-electron chi connectivity index (χ3n) is 5.79. The van der Waals surface area contributed by atoms with Crippen LogP contribution in [0.4, 0.5) is 0 Å². The number of ether oxygens (including phenoxy) is 1. The minimum Gasteiger partial charge on any atom is -0.497 e. The molecular weight excluding hydrogens is 390 g/mol. The summed E-state index contributed by atoms with van der Waals surface area (Å²) in [7, 11) is 1.58. The predicted molar refractivity (Wildman–Crippen MR) is 121 cm³/mol. The first kappa shape index (κ1) is 22.2. The van der Waals surface area contributed by atoms with E-state index in [1.54, 1.807) is 31.4 Å². The van der Waals surface area contributed by atoms with E-state index in [1.165, 1.54) is 0 Å². The Kier molecular flexibility index (Phi) is 7.55. The minimum atomic E-state index is -0.575. The van der Waals surface area contributed by atoms with Gasteiger partial charge in [0.15, 0.2) is 5.78 Å². The Hall–Kier alpha value is -3.47. The topological polar surface area (TPSA) is 69.4 Å². The van der Waals surface area contributed by atoms with Gasteiger partial charge in [0.1, 0.15) is 5.75 Å². The number of ketones is 1. The lowest BCUT2D eigenvalue weighted by Gasteiger charge is -2.31. The van der Waals surface area contributed by atoms with Crippen LogP contribution in [-0.4, -0.2) is 24.4 Å². The maximum atomic E-state index is 13.8. The molecule has 3 atom stereocenters. The monoisotopic (exact) mass is 417 g/mol. The summed E-state index contributed by atoms with van der Waals surface area (Å²) < 4.78 is 5.24. The standard InChI is InChI=1S/C26H27NO4/c1-3-23(19-10-6-4-7-11-19)25(26(28)21-12-8-5-9-13-21)24(18-27(29)30)20-14-16-22(31-2)17-15-20/h4-17,23-25H,3,18H2,1-2H3/t23-,24+,25+/m1/s1. The highest BCUT2D eigenvalue weighted by Crippen LogP contribution is 2.41. The number of nitro groups is 1. The zero-order chi connectivity index (χ0) is 22.2. The van der Waals surface area contributed by atoms with Crippen LogP contribution in [0.1, 0.15) is 46.7 Å². The number of rotatable bonds is 10. The maximum Gasteiger partial charge on any atom is 0.211 e. The van der Waals surface area contributed by atoms with E-state index in [1.807, 2.05) is 67.6 Å². The molecule has 0 aliphatic rings. The highest BCUT2D eigenvalue weighted by atomic mass is 16.6. The van der Waals surface area contributed by atoms with Crippen molar-refractivity contribution in [1.82, 2.24) is 0 Å². The van der Waals surface area contributed by atoms with Crippen LogP contribution in [0.3, 0.4) is 0 Å². The number of carbonyl (C=O) groups is 1. The van der Waals surface area contributed by atoms with E-state index in [-0.39, 0.29) is 23.2 Å². The zero-order valence-electron chi connectivity index (χ0n) is 17.8. The van der Waals surface area contributed by atoms with Gasteiger partial charge < -0.3 is 4.74 Å². The lowest BCUT2D eigenvalue weighted by atomic mass is 9.70. The summed E-state index contributed by atoms with van der Waals surface area (Å²) in [5, 5.41) is 11.7. The molecule has 0 bridgehead atoms. The highest BCUT2D eigenvalue weighted by molar-refractivity contribution is 5.99. The number of hydrogen-bond donors (Lipinski definition) is 0. The van der Waals surface area contributed by atoms with Gasteiger partial charge in [-0.15, -0.1) is 0 Å². The van der Waals surface area contributed by atoms with Crippen molar-refractivity contribution in [2.24, 2.45) is 5.92 Å². The SMILES string of the molecule is CC[C@H](c1ccccc1)[C@H](C(=O)c1ccccc1)[C@@H](C[N+](=O)[O-])c1ccc(OC)cc1. The van der Waals surface area contributed by atoms with Crippen LogP contribution in [-0.2, 0) is 0 Å². The number of nitrogens with zero attached hydrogens (tertiary/aromatic N) is 1. The van der Waals surface area contributed by atoms with E-state index in [2.05, 4.69) is 0 Å². The Bertz CT molecular complexity index is 987. The van der Waals surface area contributed by atoms with E-state index >= 15 is 0 Å². The second-order valence-electron chi connectivity index (χ2n) is 7.58. The number of hydrogen-bond acceptors (Lipinski definition) is 4. The molecule has 0 aromatic heterocycles. The molecule has 0 unspecified atom stereocenters. The van der Waals surface area contributed by atoms with Crippen LogP contribution in [0, 0.1) is 16.0 Å². The van der Waals surface area contributed by atoms with Gasteiger partial charge in [0.05, 0.1) is 13.0 Å². The average Bonchev–Trinajstić information content (AvgIpc) is 2.82. The first-order valence-corrected chi connectivity index (χ1v) is 10.4. The molecule has 0 heterocycles. The molecule has 160 valence electrons. The van der Waals surface area contributed by atoms with Crippen LogP contribution < -0.4 is 4.74 Å². The summed E-state index contributed by atoms with van der Waals surface area (Å²) in [6.45, 7) is 1.71. The molecule has 0 amide bonds. The van der Waals surface area contributed by atoms with Gasteiger partial charge in [-0.25, -0.2) is 0 Å². The number of benzene rings is 3. The molecule has 3 aromatic rings. The molecule has 5 nitrogen and oxygen atoms in total. The average molecular weight is 418 g/mol. The van der Waals surface area contributed by atoms with Gasteiger partial charge in [0.2, 0.25) is 6.54 Å². The lowest BCUT2D eigenvalue weighted by molar-refractivity contribution is -0.484. The molecule has 3 aromatic carbocycles. The first-order valence-electron chi connectivity index (χ1n) is 10.4. The molecule has 0 aliphatic carbocycles. The maximum absolute atomic E-state index is 13.8. The summed E-state index contributed by atoms with van der Waals surface area (Å²) in [6, 6.07) is 26.1. The highest BCUT2D eigenvalue weighted by Gasteiger charge is 2.39. The second-order valence-corrected chi connectivity index (χ2v) is 7.58. The molecule has 0 fully saturated rings. The van der Waals surface area contributed by atoms with Crippen molar-refractivity contribution in [3.05, 3.63) is 112 Å². The van der Waals surface area contributed by atoms with E-state index in [4.69, 9.17) is 4.74 Å². The largest absolute Gasteiger partial charge is 0.497 e. The molecule has 0 N–H and O–H groups in total. The Morgan fingerprint density at radius 1 is 0.871 bits per heavy atom. The van der Waals surface area contributed by atoms with Gasteiger partial charge in [-0.2, -0.15) is 0 Å². The zero-order valence-corrected chi connectivity index (χ0v) is 17.8. The van der Waals surface area contributed by atoms with Crippen molar-refractivity contribution in [3.8, 4) is 5.75 Å². The Labute approximate surface area is 182 Å². The Morgan fingerprint density at radius 2 is 1.42 bits per heavy atom. The van der Waals surface area contributed by atoms with Gasteiger partial charge in [-0.05, 0) is 35.6 Å². The van der Waals surface area contributed by atoms with Crippen LogP contribution in [0.5, 0.6) is 5.75 Å². The fraction of sp³-hybridized carbons (Fsp3) is 0.269. The number of Topliss-reactive ketones (excluding diaryl/α,β-unsaturated/α-hetero) is 1. The molecule has 5 heteroatoms. The van der Waals surface area contributed by atoms with Crippen LogP contribution in [0.15, 0.2) is 84.9 Å². The summed E-state index contributed by atoms with van der Waals surface area (Å²) in [5.41, 5.74) is 2.35. The Balaban J connectivity index is 2.14. The molecular formula is C26H27NO4. The van der Waals surface area contributed by atoms with Crippen molar-refractivity contribution in [2.45, 2.75) is 25.2 Å². The van der Waals surface area contributed by atoms with Crippen LogP contribution in [0.25, 0.3) is 0 Å². The molecule has 3 rings (SSSR count). The third kappa shape index (κ3) is 5.37. The van der Waals surface area contributed by atoms with Crippen LogP contribution in [0.2, 0.25) is 0 Å². The van der Waals surface area contributed by atoms with E-state index in [9.17, 15) is 14.9 Å².